The van der Waals surface area contributed by atoms with Gasteiger partial charge in [0.05, 0.1) is 12.2 Å². The van der Waals surface area contributed by atoms with Gasteiger partial charge in [-0.15, -0.1) is 0 Å². The number of ether oxygens (including phenoxy) is 1. The standard InChI is InChI=1S/C17H16ClNO2/c1-2-15-17(20)19(11-12-7-9-13(18)10-8-12)14-5-3-4-6-16(14)21-15/h3-10,15H,2,11H2,1H3. The van der Waals surface area contributed by atoms with Crippen LogP contribution in [0.4, 0.5) is 5.69 Å². The van der Waals surface area contributed by atoms with E-state index < -0.39 is 6.10 Å². The summed E-state index contributed by atoms with van der Waals surface area (Å²) in [6, 6.07) is 15.2. The summed E-state index contributed by atoms with van der Waals surface area (Å²) in [6.45, 7) is 2.48. The number of para-hydroxylation sites is 2. The van der Waals surface area contributed by atoms with E-state index in [0.717, 1.165) is 17.0 Å². The number of rotatable bonds is 3. The maximum atomic E-state index is 12.6. The van der Waals surface area contributed by atoms with Crippen LogP contribution in [0.25, 0.3) is 0 Å². The predicted molar refractivity (Wildman–Crippen MR) is 83.8 cm³/mol. The van der Waals surface area contributed by atoms with Gasteiger partial charge >= 0.3 is 0 Å². The fourth-order valence-corrected chi connectivity index (χ4v) is 2.60. The number of hydrogen-bond donors (Lipinski definition) is 0. The van der Waals surface area contributed by atoms with E-state index in [-0.39, 0.29) is 5.91 Å². The third-order valence-electron chi connectivity index (χ3n) is 3.59. The van der Waals surface area contributed by atoms with E-state index in [1.807, 2.05) is 55.5 Å². The van der Waals surface area contributed by atoms with Crippen molar-refractivity contribution >= 4 is 23.2 Å². The second kappa shape index (κ2) is 5.78. The third-order valence-corrected chi connectivity index (χ3v) is 3.84. The van der Waals surface area contributed by atoms with Gasteiger partial charge in [-0.1, -0.05) is 42.8 Å². The van der Waals surface area contributed by atoms with Gasteiger partial charge in [-0.05, 0) is 36.2 Å². The highest BCUT2D eigenvalue weighted by Crippen LogP contribution is 2.35. The Kier molecular flexibility index (Phi) is 3.84. The SMILES string of the molecule is CCC1Oc2ccccc2N(Cc2ccc(Cl)cc2)C1=O. The Morgan fingerprint density at radius 2 is 1.86 bits per heavy atom. The minimum Gasteiger partial charge on any atom is -0.478 e. The average molecular weight is 302 g/mol. The summed E-state index contributed by atoms with van der Waals surface area (Å²) in [5.41, 5.74) is 1.86. The number of nitrogens with zero attached hydrogens (tertiary/aromatic N) is 1. The van der Waals surface area contributed by atoms with Gasteiger partial charge in [0.1, 0.15) is 5.75 Å². The number of fused-ring (bicyclic) bond motifs is 1. The van der Waals surface area contributed by atoms with Crippen LogP contribution in [0, 0.1) is 0 Å². The van der Waals surface area contributed by atoms with Crippen LogP contribution in [0.1, 0.15) is 18.9 Å². The van der Waals surface area contributed by atoms with Crippen molar-refractivity contribution in [3.63, 3.8) is 0 Å². The highest BCUT2D eigenvalue weighted by Gasteiger charge is 2.32. The lowest BCUT2D eigenvalue weighted by molar-refractivity contribution is -0.126. The molecule has 0 fully saturated rings. The van der Waals surface area contributed by atoms with Gasteiger partial charge in [0.2, 0.25) is 0 Å². The molecule has 2 aromatic carbocycles. The van der Waals surface area contributed by atoms with E-state index in [4.69, 9.17) is 16.3 Å². The zero-order chi connectivity index (χ0) is 14.8. The molecule has 1 unspecified atom stereocenters. The Morgan fingerprint density at radius 3 is 2.57 bits per heavy atom. The number of amides is 1. The molecular weight excluding hydrogens is 286 g/mol. The van der Waals surface area contributed by atoms with E-state index in [0.29, 0.717) is 18.0 Å². The summed E-state index contributed by atoms with van der Waals surface area (Å²) in [6.07, 6.45) is 0.247. The van der Waals surface area contributed by atoms with Crippen LogP contribution < -0.4 is 9.64 Å². The summed E-state index contributed by atoms with van der Waals surface area (Å²) in [4.78, 5) is 14.4. The summed E-state index contributed by atoms with van der Waals surface area (Å²) in [7, 11) is 0. The number of hydrogen-bond acceptors (Lipinski definition) is 2. The van der Waals surface area contributed by atoms with Crippen molar-refractivity contribution in [3.05, 3.63) is 59.1 Å². The van der Waals surface area contributed by atoms with Crippen molar-refractivity contribution < 1.29 is 9.53 Å². The molecule has 21 heavy (non-hydrogen) atoms. The molecule has 1 aliphatic rings. The first-order valence-corrected chi connectivity index (χ1v) is 7.38. The number of halogens is 1. The minimum absolute atomic E-state index is 0.00569. The van der Waals surface area contributed by atoms with E-state index in [1.165, 1.54) is 0 Å². The quantitative estimate of drug-likeness (QED) is 0.856. The molecule has 0 spiro atoms. The monoisotopic (exact) mass is 301 g/mol. The fourth-order valence-electron chi connectivity index (χ4n) is 2.47. The Morgan fingerprint density at radius 1 is 1.14 bits per heavy atom. The van der Waals surface area contributed by atoms with E-state index in [1.54, 1.807) is 4.90 Å². The van der Waals surface area contributed by atoms with Crippen molar-refractivity contribution in [3.8, 4) is 5.75 Å². The Balaban J connectivity index is 1.95. The van der Waals surface area contributed by atoms with Gasteiger partial charge in [0.25, 0.3) is 5.91 Å². The van der Waals surface area contributed by atoms with E-state index in [2.05, 4.69) is 0 Å². The van der Waals surface area contributed by atoms with Gasteiger partial charge in [-0.3, -0.25) is 4.79 Å². The van der Waals surface area contributed by atoms with Crippen LogP contribution in [0.2, 0.25) is 5.02 Å². The normalized spacial score (nSPS) is 17.3. The first kappa shape index (κ1) is 14.0. The van der Waals surface area contributed by atoms with Gasteiger partial charge in [0.15, 0.2) is 6.10 Å². The smallest absolute Gasteiger partial charge is 0.268 e. The van der Waals surface area contributed by atoms with Crippen molar-refractivity contribution in [1.29, 1.82) is 0 Å². The molecule has 1 atom stereocenters. The maximum absolute atomic E-state index is 12.6. The van der Waals surface area contributed by atoms with Gasteiger partial charge in [-0.2, -0.15) is 0 Å². The van der Waals surface area contributed by atoms with Crippen LogP contribution in [0.15, 0.2) is 48.5 Å². The number of carbonyl (C=O) groups is 1. The van der Waals surface area contributed by atoms with Crippen LogP contribution in [-0.2, 0) is 11.3 Å². The highest BCUT2D eigenvalue weighted by atomic mass is 35.5. The molecule has 0 saturated heterocycles. The van der Waals surface area contributed by atoms with Crippen LogP contribution in [-0.4, -0.2) is 12.0 Å². The summed E-state index contributed by atoms with van der Waals surface area (Å²) in [5, 5.41) is 0.693. The molecule has 0 N–H and O–H groups in total. The maximum Gasteiger partial charge on any atom is 0.268 e. The first-order valence-electron chi connectivity index (χ1n) is 7.00. The van der Waals surface area contributed by atoms with Crippen LogP contribution >= 0.6 is 11.6 Å². The second-order valence-corrected chi connectivity index (χ2v) is 5.47. The number of benzene rings is 2. The lowest BCUT2D eigenvalue weighted by atomic mass is 10.1. The molecular formula is C17H16ClNO2. The zero-order valence-corrected chi connectivity index (χ0v) is 12.5. The van der Waals surface area contributed by atoms with Gasteiger partial charge < -0.3 is 9.64 Å². The van der Waals surface area contributed by atoms with Gasteiger partial charge in [-0.25, -0.2) is 0 Å². The average Bonchev–Trinajstić information content (AvgIpc) is 2.51. The molecule has 1 heterocycles. The molecule has 4 heteroatoms. The molecule has 3 nitrogen and oxygen atoms in total. The lowest BCUT2D eigenvalue weighted by Gasteiger charge is -2.34. The predicted octanol–water partition coefficient (Wildman–Crippen LogP) is 4.04. The molecule has 108 valence electrons. The third kappa shape index (κ3) is 2.74. The molecule has 3 rings (SSSR count). The summed E-state index contributed by atoms with van der Waals surface area (Å²) >= 11 is 5.91. The molecule has 1 aliphatic heterocycles. The Bertz CT molecular complexity index is 654. The number of carbonyl (C=O) groups excluding carboxylic acids is 1. The summed E-state index contributed by atoms with van der Waals surface area (Å²) < 4.78 is 5.77. The minimum atomic E-state index is -0.410. The Labute approximate surface area is 129 Å². The molecule has 0 saturated carbocycles. The zero-order valence-electron chi connectivity index (χ0n) is 11.8. The van der Waals surface area contributed by atoms with Crippen molar-refractivity contribution in [2.45, 2.75) is 26.0 Å². The fraction of sp³-hybridized carbons (Fsp3) is 0.235. The van der Waals surface area contributed by atoms with Crippen LogP contribution in [0.5, 0.6) is 5.75 Å². The Hall–Kier alpha value is -2.00. The molecule has 0 radical (unpaired) electrons. The molecule has 2 aromatic rings. The van der Waals surface area contributed by atoms with Crippen molar-refractivity contribution in [1.82, 2.24) is 0 Å². The lowest BCUT2D eigenvalue weighted by Crippen LogP contribution is -2.45. The molecule has 1 amide bonds. The highest BCUT2D eigenvalue weighted by molar-refractivity contribution is 6.30. The molecule has 0 aromatic heterocycles. The second-order valence-electron chi connectivity index (χ2n) is 5.03. The largest absolute Gasteiger partial charge is 0.478 e. The summed E-state index contributed by atoms with van der Waals surface area (Å²) in [5.74, 6) is 0.768. The van der Waals surface area contributed by atoms with E-state index >= 15 is 0 Å². The van der Waals surface area contributed by atoms with Crippen LogP contribution in [0.3, 0.4) is 0 Å². The molecule has 0 bridgehead atoms. The first-order chi connectivity index (χ1) is 10.2. The number of anilines is 1. The van der Waals surface area contributed by atoms with E-state index in [9.17, 15) is 4.79 Å². The topological polar surface area (TPSA) is 29.5 Å². The van der Waals surface area contributed by atoms with Crippen molar-refractivity contribution in [2.24, 2.45) is 0 Å². The van der Waals surface area contributed by atoms with Crippen molar-refractivity contribution in [2.75, 3.05) is 4.90 Å². The molecule has 0 aliphatic carbocycles. The van der Waals surface area contributed by atoms with Gasteiger partial charge in [0, 0.05) is 5.02 Å².